The Morgan fingerprint density at radius 3 is 1.83 bits per heavy atom. The van der Waals surface area contributed by atoms with Gasteiger partial charge in [-0.05, 0) is 25.0 Å². The number of carbonyl (C=O) groups excluding carboxylic acids is 1. The molecular formula is C21H26F6N4O3S. The molecule has 196 valence electrons. The molecule has 0 aliphatic heterocycles. The lowest BCUT2D eigenvalue weighted by Gasteiger charge is -2.38. The zero-order chi connectivity index (χ0) is 26.8. The van der Waals surface area contributed by atoms with Crippen molar-refractivity contribution in [3.8, 4) is 0 Å². The van der Waals surface area contributed by atoms with Crippen LogP contribution < -0.4 is 15.2 Å². The van der Waals surface area contributed by atoms with Gasteiger partial charge in [-0.15, -0.1) is 4.83 Å². The van der Waals surface area contributed by atoms with Crippen LogP contribution in [0.15, 0.2) is 41.3 Å². The number of urea groups is 1. The molecule has 2 amide bonds. The largest absolute Gasteiger partial charge is 0.408 e. The maximum absolute atomic E-state index is 13.5. The van der Waals surface area contributed by atoms with Crippen LogP contribution >= 0.6 is 0 Å². The van der Waals surface area contributed by atoms with Crippen molar-refractivity contribution in [3.05, 3.63) is 36.4 Å². The number of sulfonamides is 1. The molecule has 2 rings (SSSR count). The Labute approximate surface area is 199 Å². The van der Waals surface area contributed by atoms with Gasteiger partial charge in [-0.3, -0.25) is 10.3 Å². The van der Waals surface area contributed by atoms with Gasteiger partial charge >= 0.3 is 18.4 Å². The van der Waals surface area contributed by atoms with Crippen molar-refractivity contribution < 1.29 is 39.6 Å². The van der Waals surface area contributed by atoms with Crippen LogP contribution in [0.1, 0.15) is 26.7 Å². The molecule has 2 unspecified atom stereocenters. The molecule has 0 fully saturated rings. The predicted molar refractivity (Wildman–Crippen MR) is 119 cm³/mol. The molecule has 35 heavy (non-hydrogen) atoms. The lowest BCUT2D eigenvalue weighted by Crippen LogP contribution is -2.62. The van der Waals surface area contributed by atoms with Crippen molar-refractivity contribution in [1.29, 1.82) is 0 Å². The SMILES string of the molecule is CCC(N(C(=O)NNS(=O)(=O)c1cccc2c(N(C)C)cccc12)C(CC)C(F)(F)F)C(F)(F)F. The number of alkyl halides is 6. The Morgan fingerprint density at radius 1 is 0.886 bits per heavy atom. The van der Waals surface area contributed by atoms with Crippen LogP contribution in [0, 0.1) is 0 Å². The van der Waals surface area contributed by atoms with Gasteiger partial charge < -0.3 is 4.90 Å². The molecule has 0 spiro atoms. The topological polar surface area (TPSA) is 81.8 Å². The summed E-state index contributed by atoms with van der Waals surface area (Å²) < 4.78 is 107. The molecule has 0 aliphatic rings. The van der Waals surface area contributed by atoms with E-state index < -0.39 is 58.2 Å². The second kappa shape index (κ2) is 10.5. The lowest BCUT2D eigenvalue weighted by molar-refractivity contribution is -0.222. The molecule has 0 aliphatic carbocycles. The van der Waals surface area contributed by atoms with Crippen LogP contribution in [0.5, 0.6) is 0 Å². The molecule has 7 nitrogen and oxygen atoms in total. The molecule has 0 heterocycles. The highest BCUT2D eigenvalue weighted by molar-refractivity contribution is 7.89. The van der Waals surface area contributed by atoms with Gasteiger partial charge in [0.25, 0.3) is 10.0 Å². The van der Waals surface area contributed by atoms with E-state index in [1.807, 2.05) is 0 Å². The van der Waals surface area contributed by atoms with Crippen molar-refractivity contribution in [3.63, 3.8) is 0 Å². The van der Waals surface area contributed by atoms with E-state index in [-0.39, 0.29) is 10.3 Å². The van der Waals surface area contributed by atoms with E-state index in [4.69, 9.17) is 0 Å². The number of hydrogen-bond donors (Lipinski definition) is 2. The summed E-state index contributed by atoms with van der Waals surface area (Å²) in [6.07, 6.45) is -12.1. The number of carbonyl (C=O) groups is 1. The second-order valence-electron chi connectivity index (χ2n) is 7.90. The van der Waals surface area contributed by atoms with Crippen LogP contribution in [0.25, 0.3) is 10.8 Å². The number of fused-ring (bicyclic) bond motifs is 1. The summed E-state index contributed by atoms with van der Waals surface area (Å²) in [5.41, 5.74) is 2.20. The van der Waals surface area contributed by atoms with E-state index in [1.165, 1.54) is 23.6 Å². The minimum Gasteiger partial charge on any atom is -0.377 e. The van der Waals surface area contributed by atoms with Crippen molar-refractivity contribution >= 4 is 32.5 Å². The van der Waals surface area contributed by atoms with Gasteiger partial charge in [-0.2, -0.15) is 26.3 Å². The molecule has 0 bridgehead atoms. The first kappa shape index (κ1) is 28.5. The molecule has 0 aromatic heterocycles. The third kappa shape index (κ3) is 6.28. The van der Waals surface area contributed by atoms with Crippen LogP contribution in [-0.4, -0.2) is 57.9 Å². The van der Waals surface area contributed by atoms with E-state index >= 15 is 0 Å². The van der Waals surface area contributed by atoms with Crippen LogP contribution in [-0.2, 0) is 10.0 Å². The third-order valence-electron chi connectivity index (χ3n) is 5.36. The van der Waals surface area contributed by atoms with Crippen molar-refractivity contribution in [2.24, 2.45) is 0 Å². The number of benzene rings is 2. The Kier molecular flexibility index (Phi) is 8.53. The Morgan fingerprint density at radius 2 is 1.37 bits per heavy atom. The number of anilines is 1. The van der Waals surface area contributed by atoms with Crippen molar-refractivity contribution in [1.82, 2.24) is 15.2 Å². The predicted octanol–water partition coefficient (Wildman–Crippen LogP) is 4.79. The minimum absolute atomic E-state index is 0.237. The quantitative estimate of drug-likeness (QED) is 0.381. The van der Waals surface area contributed by atoms with E-state index in [1.54, 1.807) is 42.0 Å². The number of halogens is 6. The van der Waals surface area contributed by atoms with E-state index in [2.05, 4.69) is 0 Å². The molecular weight excluding hydrogens is 502 g/mol. The van der Waals surface area contributed by atoms with E-state index in [0.717, 1.165) is 13.8 Å². The van der Waals surface area contributed by atoms with Gasteiger partial charge in [0, 0.05) is 30.6 Å². The average molecular weight is 529 g/mol. The molecule has 2 aromatic carbocycles. The highest BCUT2D eigenvalue weighted by Crippen LogP contribution is 2.35. The molecule has 0 saturated carbocycles. The Balaban J connectivity index is 2.45. The fourth-order valence-corrected chi connectivity index (χ4v) is 4.85. The summed E-state index contributed by atoms with van der Waals surface area (Å²) in [5.74, 6) is 0. The van der Waals surface area contributed by atoms with Gasteiger partial charge in [0.1, 0.15) is 12.1 Å². The molecule has 2 aromatic rings. The van der Waals surface area contributed by atoms with Crippen molar-refractivity contribution in [2.45, 2.75) is 56.0 Å². The first-order valence-electron chi connectivity index (χ1n) is 10.5. The second-order valence-corrected chi connectivity index (χ2v) is 9.55. The molecule has 14 heteroatoms. The van der Waals surface area contributed by atoms with Gasteiger partial charge in [0.2, 0.25) is 0 Å². The lowest BCUT2D eigenvalue weighted by atomic mass is 10.1. The van der Waals surface area contributed by atoms with Gasteiger partial charge in [0.15, 0.2) is 0 Å². The summed E-state index contributed by atoms with van der Waals surface area (Å²) in [5, 5.41) is 0.764. The number of nitrogens with zero attached hydrogens (tertiary/aromatic N) is 2. The third-order valence-corrected chi connectivity index (χ3v) is 6.66. The highest BCUT2D eigenvalue weighted by atomic mass is 32.2. The van der Waals surface area contributed by atoms with Crippen molar-refractivity contribution in [2.75, 3.05) is 19.0 Å². The van der Waals surface area contributed by atoms with E-state index in [9.17, 15) is 39.6 Å². The zero-order valence-corrected chi connectivity index (χ0v) is 20.1. The average Bonchev–Trinajstić information content (AvgIpc) is 2.74. The number of rotatable bonds is 8. The molecule has 0 saturated heterocycles. The summed E-state index contributed by atoms with van der Waals surface area (Å²) in [6, 6.07) is 1.60. The summed E-state index contributed by atoms with van der Waals surface area (Å²) in [6.45, 7) is 1.95. The summed E-state index contributed by atoms with van der Waals surface area (Å²) >= 11 is 0. The molecule has 2 atom stereocenters. The van der Waals surface area contributed by atoms with E-state index in [0.29, 0.717) is 11.1 Å². The first-order valence-corrected chi connectivity index (χ1v) is 12.0. The summed E-state index contributed by atoms with van der Waals surface area (Å²) in [7, 11) is -1.11. The number of hydrogen-bond acceptors (Lipinski definition) is 4. The zero-order valence-electron chi connectivity index (χ0n) is 19.3. The number of amides is 2. The Bertz CT molecular complexity index is 1130. The number of nitrogens with one attached hydrogen (secondary N) is 2. The van der Waals surface area contributed by atoms with Crippen LogP contribution in [0.3, 0.4) is 0 Å². The smallest absolute Gasteiger partial charge is 0.377 e. The fourth-order valence-electron chi connectivity index (χ4n) is 3.79. The van der Waals surface area contributed by atoms with Gasteiger partial charge in [-0.25, -0.2) is 13.2 Å². The first-order chi connectivity index (χ1) is 16.1. The van der Waals surface area contributed by atoms with Gasteiger partial charge in [-0.1, -0.05) is 38.1 Å². The maximum Gasteiger partial charge on any atom is 0.408 e. The fraction of sp³-hybridized carbons (Fsp3) is 0.476. The standard InChI is InChI=1S/C21H26F6N4O3S/c1-5-17(20(22,23)24)31(18(6-2)21(25,26)27)19(32)28-29-35(33,34)16-12-8-9-13-14(16)10-7-11-15(13)30(3)4/h7-12,17-18,29H,5-6H2,1-4H3,(H,28,32). The maximum atomic E-state index is 13.5. The van der Waals surface area contributed by atoms with Crippen LogP contribution in [0.2, 0.25) is 0 Å². The normalized spacial score (nSPS) is 14.5. The number of hydrazine groups is 1. The minimum atomic E-state index is -5.18. The monoisotopic (exact) mass is 528 g/mol. The molecule has 2 N–H and O–H groups in total. The highest BCUT2D eigenvalue weighted by Gasteiger charge is 2.53. The van der Waals surface area contributed by atoms with Crippen LogP contribution in [0.4, 0.5) is 36.8 Å². The summed E-state index contributed by atoms with van der Waals surface area (Å²) in [4.78, 5) is 15.2. The Hall–Kier alpha value is -2.74. The molecule has 0 radical (unpaired) electrons. The van der Waals surface area contributed by atoms with Gasteiger partial charge in [0.05, 0.1) is 4.90 Å².